The standard InChI is InChI=1S/C24H22F2N4O4S/c1-29-14-20(18(11-24(29)31)16-12-27-30(2)13-16)19-9-15(7-8-28-35(32)33)3-5-22(19)34-23-6-4-17(25)10-21(23)26/h3-6,9-14,35H,7-8H2,1-2H3,(H,28,32,33). The summed E-state index contributed by atoms with van der Waals surface area (Å²) in [4.78, 5) is 12.5. The minimum Gasteiger partial charge on any atom is -0.454 e. The van der Waals surface area contributed by atoms with Gasteiger partial charge in [0.2, 0.25) is 10.9 Å². The third-order valence-electron chi connectivity index (χ3n) is 5.35. The molecule has 182 valence electrons. The first-order valence-corrected chi connectivity index (χ1v) is 11.7. The lowest BCUT2D eigenvalue weighted by molar-refractivity contribution is 0.439. The van der Waals surface area contributed by atoms with Crippen molar-refractivity contribution in [1.29, 1.82) is 0 Å². The number of aryl methyl sites for hydroxylation is 2. The fourth-order valence-electron chi connectivity index (χ4n) is 3.64. The number of aromatic nitrogens is 3. The Balaban J connectivity index is 1.88. The predicted molar refractivity (Wildman–Crippen MR) is 128 cm³/mol. The molecule has 0 amide bonds. The van der Waals surface area contributed by atoms with Crippen LogP contribution < -0.4 is 15.0 Å². The average Bonchev–Trinajstić information content (AvgIpc) is 3.24. The van der Waals surface area contributed by atoms with E-state index in [4.69, 9.17) is 4.74 Å². The molecule has 4 aromatic rings. The van der Waals surface area contributed by atoms with Gasteiger partial charge in [-0.15, -0.1) is 0 Å². The van der Waals surface area contributed by atoms with E-state index in [1.807, 2.05) is 0 Å². The van der Waals surface area contributed by atoms with Gasteiger partial charge in [-0.3, -0.25) is 9.48 Å². The molecule has 0 bridgehead atoms. The second kappa shape index (κ2) is 10.2. The maximum atomic E-state index is 14.4. The van der Waals surface area contributed by atoms with Crippen LogP contribution in [-0.4, -0.2) is 29.3 Å². The third kappa shape index (κ3) is 5.64. The van der Waals surface area contributed by atoms with Crippen LogP contribution in [0.4, 0.5) is 8.78 Å². The number of benzene rings is 2. The number of thiol groups is 1. The number of nitrogens with one attached hydrogen (secondary N) is 1. The summed E-state index contributed by atoms with van der Waals surface area (Å²) >= 11 is 0. The summed E-state index contributed by atoms with van der Waals surface area (Å²) < 4.78 is 60.7. The monoisotopic (exact) mass is 500 g/mol. The Morgan fingerprint density at radius 1 is 0.971 bits per heavy atom. The minimum absolute atomic E-state index is 0.168. The van der Waals surface area contributed by atoms with Crippen LogP contribution in [0.3, 0.4) is 0 Å². The van der Waals surface area contributed by atoms with E-state index < -0.39 is 22.5 Å². The molecule has 2 aromatic heterocycles. The van der Waals surface area contributed by atoms with Gasteiger partial charge in [0.1, 0.15) is 11.6 Å². The third-order valence-corrected chi connectivity index (χ3v) is 5.83. The lowest BCUT2D eigenvalue weighted by Gasteiger charge is -2.17. The average molecular weight is 501 g/mol. The van der Waals surface area contributed by atoms with Gasteiger partial charge < -0.3 is 9.30 Å². The van der Waals surface area contributed by atoms with Gasteiger partial charge >= 0.3 is 0 Å². The molecule has 11 heteroatoms. The fourth-order valence-corrected chi connectivity index (χ4v) is 3.94. The van der Waals surface area contributed by atoms with Crippen molar-refractivity contribution in [3.63, 3.8) is 0 Å². The van der Waals surface area contributed by atoms with Gasteiger partial charge in [0, 0.05) is 61.9 Å². The van der Waals surface area contributed by atoms with Crippen molar-refractivity contribution >= 4 is 10.9 Å². The Kier molecular flexibility index (Phi) is 7.08. The molecule has 0 spiro atoms. The molecule has 4 rings (SSSR count). The number of halogens is 2. The van der Waals surface area contributed by atoms with Gasteiger partial charge in [-0.2, -0.15) is 5.10 Å². The molecule has 2 heterocycles. The number of hydrogen-bond donors (Lipinski definition) is 2. The van der Waals surface area contributed by atoms with E-state index in [-0.39, 0.29) is 23.6 Å². The Morgan fingerprint density at radius 2 is 1.74 bits per heavy atom. The molecular formula is C24H22F2N4O4S. The quantitative estimate of drug-likeness (QED) is 0.363. The smallest absolute Gasteiger partial charge is 0.250 e. The summed E-state index contributed by atoms with van der Waals surface area (Å²) in [6.07, 6.45) is 5.41. The van der Waals surface area contributed by atoms with Crippen molar-refractivity contribution in [1.82, 2.24) is 19.1 Å². The van der Waals surface area contributed by atoms with Crippen molar-refractivity contribution in [2.45, 2.75) is 6.42 Å². The first-order chi connectivity index (χ1) is 16.7. The Labute approximate surface area is 201 Å². The van der Waals surface area contributed by atoms with E-state index in [2.05, 4.69) is 9.82 Å². The van der Waals surface area contributed by atoms with Crippen LogP contribution in [0.15, 0.2) is 65.8 Å². The van der Waals surface area contributed by atoms with Gasteiger partial charge in [0.25, 0.3) is 5.56 Å². The summed E-state index contributed by atoms with van der Waals surface area (Å²) in [6.45, 7) is 0.188. The van der Waals surface area contributed by atoms with Gasteiger partial charge in [-0.25, -0.2) is 21.9 Å². The minimum atomic E-state index is -2.73. The lowest BCUT2D eigenvalue weighted by Crippen LogP contribution is -2.16. The van der Waals surface area contributed by atoms with E-state index in [1.165, 1.54) is 16.7 Å². The normalized spacial score (nSPS) is 11.2. The Hall–Kier alpha value is -3.83. The molecule has 0 fully saturated rings. The predicted octanol–water partition coefficient (Wildman–Crippen LogP) is 3.18. The van der Waals surface area contributed by atoms with E-state index in [1.54, 1.807) is 55.6 Å². The van der Waals surface area contributed by atoms with Crippen LogP contribution in [0, 0.1) is 11.6 Å². The maximum absolute atomic E-state index is 14.4. The number of ether oxygens (including phenoxy) is 1. The molecule has 0 radical (unpaired) electrons. The summed E-state index contributed by atoms with van der Waals surface area (Å²) in [7, 11) is 0.634. The molecule has 8 nitrogen and oxygen atoms in total. The van der Waals surface area contributed by atoms with E-state index >= 15 is 0 Å². The molecule has 35 heavy (non-hydrogen) atoms. The zero-order chi connectivity index (χ0) is 25.1. The molecule has 0 saturated carbocycles. The molecule has 0 aliphatic carbocycles. The summed E-state index contributed by atoms with van der Waals surface area (Å²) in [5.74, 6) is -1.49. The van der Waals surface area contributed by atoms with Crippen LogP contribution in [0.5, 0.6) is 11.5 Å². The first kappa shape index (κ1) is 24.3. The number of rotatable bonds is 8. The first-order valence-electron chi connectivity index (χ1n) is 10.5. The maximum Gasteiger partial charge on any atom is 0.250 e. The van der Waals surface area contributed by atoms with Crippen LogP contribution in [0.1, 0.15) is 5.56 Å². The molecular weight excluding hydrogens is 478 g/mol. The zero-order valence-electron chi connectivity index (χ0n) is 18.9. The topological polar surface area (TPSA) is 95.2 Å². The fraction of sp³-hybridized carbons (Fsp3) is 0.167. The summed E-state index contributed by atoms with van der Waals surface area (Å²) in [5.41, 5.74) is 2.97. The zero-order valence-corrected chi connectivity index (χ0v) is 19.8. The van der Waals surface area contributed by atoms with Gasteiger partial charge in [0.05, 0.1) is 6.20 Å². The number of nitrogens with zero attached hydrogens (tertiary/aromatic N) is 3. The lowest BCUT2D eigenvalue weighted by atomic mass is 9.95. The van der Waals surface area contributed by atoms with Gasteiger partial charge in [-0.1, -0.05) is 6.07 Å². The Bertz CT molecular complexity index is 1520. The van der Waals surface area contributed by atoms with Crippen molar-refractivity contribution in [3.8, 4) is 33.8 Å². The second-order valence-electron chi connectivity index (χ2n) is 7.88. The number of pyridine rings is 1. The van der Waals surface area contributed by atoms with Crippen molar-refractivity contribution < 1.29 is 21.9 Å². The van der Waals surface area contributed by atoms with E-state index in [0.717, 1.165) is 17.7 Å². The van der Waals surface area contributed by atoms with E-state index in [9.17, 15) is 22.0 Å². The van der Waals surface area contributed by atoms with Crippen molar-refractivity contribution in [2.24, 2.45) is 14.1 Å². The molecule has 0 aliphatic heterocycles. The van der Waals surface area contributed by atoms with Crippen LogP contribution in [0.2, 0.25) is 0 Å². The largest absolute Gasteiger partial charge is 0.454 e. The summed E-state index contributed by atoms with van der Waals surface area (Å²) in [6, 6.07) is 9.64. The van der Waals surface area contributed by atoms with Crippen LogP contribution in [0.25, 0.3) is 22.3 Å². The molecule has 0 aliphatic rings. The molecule has 0 unspecified atom stereocenters. The SMILES string of the molecule is Cn1cc(-c2cc(=O)n(C)cc2-c2cc(CCN[SH](=O)=O)ccc2Oc2ccc(F)cc2F)cn1. The summed E-state index contributed by atoms with van der Waals surface area (Å²) in [5, 5.41) is 4.19. The second-order valence-corrected chi connectivity index (χ2v) is 8.71. The highest BCUT2D eigenvalue weighted by atomic mass is 32.2. The van der Waals surface area contributed by atoms with Gasteiger partial charge in [-0.05, 0) is 41.8 Å². The number of hydrogen-bond acceptors (Lipinski definition) is 5. The van der Waals surface area contributed by atoms with Crippen molar-refractivity contribution in [2.75, 3.05) is 6.54 Å². The molecule has 0 atom stereocenters. The molecule has 2 aromatic carbocycles. The van der Waals surface area contributed by atoms with Gasteiger partial charge in [0.15, 0.2) is 11.6 Å². The van der Waals surface area contributed by atoms with Crippen LogP contribution >= 0.6 is 0 Å². The highest BCUT2D eigenvalue weighted by molar-refractivity contribution is 7.70. The van der Waals surface area contributed by atoms with Crippen LogP contribution in [-0.2, 0) is 31.4 Å². The highest BCUT2D eigenvalue weighted by Crippen LogP contribution is 2.39. The van der Waals surface area contributed by atoms with Crippen molar-refractivity contribution in [3.05, 3.63) is 88.6 Å². The van der Waals surface area contributed by atoms with E-state index in [0.29, 0.717) is 28.7 Å². The Morgan fingerprint density at radius 3 is 2.43 bits per heavy atom. The molecule has 0 saturated heterocycles. The highest BCUT2D eigenvalue weighted by Gasteiger charge is 2.18. The molecule has 1 N–H and O–H groups in total.